The fraction of sp³-hybridized carbons (Fsp3) is 0.867. The number of rotatable bonds is 6. The number of aromatic nitrogens is 2. The summed E-state index contributed by atoms with van der Waals surface area (Å²) in [4.78, 5) is 2.25. The van der Waals surface area contributed by atoms with Crippen LogP contribution < -0.4 is 10.2 Å². The molecular weight excluding hydrogens is 252 g/mol. The number of anilines is 1. The maximum atomic E-state index is 5.76. The van der Waals surface area contributed by atoms with E-state index in [4.69, 9.17) is 4.42 Å². The van der Waals surface area contributed by atoms with E-state index in [-0.39, 0.29) is 0 Å². The van der Waals surface area contributed by atoms with Gasteiger partial charge in [-0.25, -0.2) is 0 Å². The fourth-order valence-corrected chi connectivity index (χ4v) is 2.80. The van der Waals surface area contributed by atoms with Crippen LogP contribution in [0.4, 0.5) is 6.01 Å². The van der Waals surface area contributed by atoms with Gasteiger partial charge in [-0.15, -0.1) is 5.10 Å². The Balaban J connectivity index is 1.88. The van der Waals surface area contributed by atoms with Gasteiger partial charge in [0.05, 0.1) is 6.54 Å². The molecule has 1 aromatic rings. The monoisotopic (exact) mass is 280 g/mol. The second-order valence-electron chi connectivity index (χ2n) is 6.08. The fourth-order valence-electron chi connectivity index (χ4n) is 2.80. The summed E-state index contributed by atoms with van der Waals surface area (Å²) in [5, 5.41) is 11.6. The molecule has 0 aromatic carbocycles. The Labute approximate surface area is 122 Å². The average Bonchev–Trinajstić information content (AvgIpc) is 2.75. The second kappa shape index (κ2) is 7.62. The van der Waals surface area contributed by atoms with Crippen LogP contribution in [0.15, 0.2) is 4.42 Å². The average molecular weight is 280 g/mol. The molecule has 114 valence electrons. The van der Waals surface area contributed by atoms with E-state index in [0.717, 1.165) is 37.9 Å². The van der Waals surface area contributed by atoms with Crippen LogP contribution in [-0.4, -0.2) is 29.8 Å². The first kappa shape index (κ1) is 15.3. The topological polar surface area (TPSA) is 54.2 Å². The molecule has 2 rings (SSSR count). The molecule has 1 unspecified atom stereocenters. The highest BCUT2D eigenvalue weighted by atomic mass is 16.4. The second-order valence-corrected chi connectivity index (χ2v) is 6.08. The Morgan fingerprint density at radius 2 is 2.15 bits per heavy atom. The first-order valence-electron chi connectivity index (χ1n) is 7.98. The van der Waals surface area contributed by atoms with Gasteiger partial charge >= 0.3 is 6.01 Å². The summed E-state index contributed by atoms with van der Waals surface area (Å²) in [7, 11) is 0. The zero-order valence-corrected chi connectivity index (χ0v) is 13.1. The summed E-state index contributed by atoms with van der Waals surface area (Å²) in [6.45, 7) is 10.5. The van der Waals surface area contributed by atoms with Gasteiger partial charge in [-0.05, 0) is 44.1 Å². The summed E-state index contributed by atoms with van der Waals surface area (Å²) >= 11 is 0. The minimum Gasteiger partial charge on any atom is -0.407 e. The number of nitrogens with one attached hydrogen (secondary N) is 1. The van der Waals surface area contributed by atoms with Gasteiger partial charge in [-0.3, -0.25) is 0 Å². The molecule has 0 amide bonds. The first-order valence-corrected chi connectivity index (χ1v) is 7.98. The Bertz CT molecular complexity index is 391. The Morgan fingerprint density at radius 3 is 2.90 bits per heavy atom. The molecule has 0 spiro atoms. The number of hydrogen-bond donors (Lipinski definition) is 1. The molecule has 1 aromatic heterocycles. The van der Waals surface area contributed by atoms with E-state index < -0.39 is 0 Å². The van der Waals surface area contributed by atoms with Crippen molar-refractivity contribution in [2.75, 3.05) is 24.5 Å². The standard InChI is InChI=1S/C15H28N4O/c1-4-8-16-11-14-17-18-15(20-14)19-9-5-6-13(7-10-19)12(2)3/h12-13,16H,4-11H2,1-3H3. The summed E-state index contributed by atoms with van der Waals surface area (Å²) < 4.78 is 5.76. The molecule has 20 heavy (non-hydrogen) atoms. The summed E-state index contributed by atoms with van der Waals surface area (Å²) in [6.07, 6.45) is 4.87. The molecule has 0 radical (unpaired) electrons. The van der Waals surface area contributed by atoms with Crippen LogP contribution in [0, 0.1) is 11.8 Å². The lowest BCUT2D eigenvalue weighted by atomic mass is 9.89. The maximum absolute atomic E-state index is 5.76. The smallest absolute Gasteiger partial charge is 0.318 e. The van der Waals surface area contributed by atoms with Gasteiger partial charge in [0, 0.05) is 13.1 Å². The van der Waals surface area contributed by atoms with Crippen molar-refractivity contribution in [2.45, 2.75) is 53.0 Å². The van der Waals surface area contributed by atoms with Crippen LogP contribution in [0.3, 0.4) is 0 Å². The van der Waals surface area contributed by atoms with Gasteiger partial charge in [0.25, 0.3) is 0 Å². The third-order valence-electron chi connectivity index (χ3n) is 4.15. The molecule has 1 aliphatic rings. The van der Waals surface area contributed by atoms with Crippen LogP contribution in [0.5, 0.6) is 0 Å². The molecule has 5 nitrogen and oxygen atoms in total. The van der Waals surface area contributed by atoms with Crippen molar-refractivity contribution in [1.29, 1.82) is 0 Å². The predicted octanol–water partition coefficient (Wildman–Crippen LogP) is 2.83. The lowest BCUT2D eigenvalue weighted by Gasteiger charge is -2.19. The molecular formula is C15H28N4O. The van der Waals surface area contributed by atoms with E-state index in [9.17, 15) is 0 Å². The van der Waals surface area contributed by atoms with Gasteiger partial charge in [0.15, 0.2) is 0 Å². The normalized spacial score (nSPS) is 20.4. The number of hydrogen-bond acceptors (Lipinski definition) is 5. The molecule has 0 bridgehead atoms. The predicted molar refractivity (Wildman–Crippen MR) is 80.7 cm³/mol. The van der Waals surface area contributed by atoms with Crippen molar-refractivity contribution in [3.8, 4) is 0 Å². The molecule has 0 aliphatic carbocycles. The van der Waals surface area contributed by atoms with E-state index in [1.165, 1.54) is 19.3 Å². The number of nitrogens with zero attached hydrogens (tertiary/aromatic N) is 3. The molecule has 1 N–H and O–H groups in total. The van der Waals surface area contributed by atoms with Crippen LogP contribution in [0.25, 0.3) is 0 Å². The van der Waals surface area contributed by atoms with E-state index in [0.29, 0.717) is 18.5 Å². The Hall–Kier alpha value is -1.10. The van der Waals surface area contributed by atoms with Crippen LogP contribution in [0.1, 0.15) is 52.3 Å². The Kier molecular flexibility index (Phi) is 5.83. The molecule has 1 aliphatic heterocycles. The lowest BCUT2D eigenvalue weighted by molar-refractivity contribution is 0.350. The Morgan fingerprint density at radius 1 is 1.30 bits per heavy atom. The van der Waals surface area contributed by atoms with Crippen molar-refractivity contribution >= 4 is 6.01 Å². The zero-order chi connectivity index (χ0) is 14.4. The molecule has 0 saturated carbocycles. The highest BCUT2D eigenvalue weighted by Crippen LogP contribution is 2.26. The van der Waals surface area contributed by atoms with Gasteiger partial charge in [-0.2, -0.15) is 0 Å². The van der Waals surface area contributed by atoms with Crippen LogP contribution in [-0.2, 0) is 6.54 Å². The third kappa shape index (κ3) is 4.20. The molecule has 1 fully saturated rings. The summed E-state index contributed by atoms with van der Waals surface area (Å²) in [6, 6.07) is 0.697. The molecule has 5 heteroatoms. The SMILES string of the molecule is CCCNCc1nnc(N2CCCC(C(C)C)CC2)o1. The van der Waals surface area contributed by atoms with E-state index >= 15 is 0 Å². The van der Waals surface area contributed by atoms with Crippen molar-refractivity contribution in [2.24, 2.45) is 11.8 Å². The van der Waals surface area contributed by atoms with Gasteiger partial charge in [0.2, 0.25) is 5.89 Å². The minimum absolute atomic E-state index is 0.670. The van der Waals surface area contributed by atoms with E-state index in [2.05, 4.69) is 41.2 Å². The van der Waals surface area contributed by atoms with Gasteiger partial charge in [0.1, 0.15) is 0 Å². The molecule has 2 heterocycles. The van der Waals surface area contributed by atoms with Crippen molar-refractivity contribution < 1.29 is 4.42 Å². The summed E-state index contributed by atoms with van der Waals surface area (Å²) in [5.41, 5.74) is 0. The molecule has 1 atom stereocenters. The van der Waals surface area contributed by atoms with Gasteiger partial charge in [-0.1, -0.05) is 25.9 Å². The quantitative estimate of drug-likeness (QED) is 0.812. The third-order valence-corrected chi connectivity index (χ3v) is 4.15. The lowest BCUT2D eigenvalue weighted by Crippen LogP contribution is -2.24. The van der Waals surface area contributed by atoms with Crippen molar-refractivity contribution in [3.05, 3.63) is 5.89 Å². The first-order chi connectivity index (χ1) is 9.70. The largest absolute Gasteiger partial charge is 0.407 e. The van der Waals surface area contributed by atoms with Gasteiger partial charge < -0.3 is 14.6 Å². The highest BCUT2D eigenvalue weighted by molar-refractivity contribution is 5.24. The van der Waals surface area contributed by atoms with Crippen molar-refractivity contribution in [3.63, 3.8) is 0 Å². The van der Waals surface area contributed by atoms with Crippen LogP contribution >= 0.6 is 0 Å². The highest BCUT2D eigenvalue weighted by Gasteiger charge is 2.22. The van der Waals surface area contributed by atoms with E-state index in [1.54, 1.807) is 0 Å². The van der Waals surface area contributed by atoms with Crippen molar-refractivity contribution in [1.82, 2.24) is 15.5 Å². The van der Waals surface area contributed by atoms with Crippen LogP contribution in [0.2, 0.25) is 0 Å². The summed E-state index contributed by atoms with van der Waals surface area (Å²) in [5.74, 6) is 2.29. The minimum atomic E-state index is 0.670. The molecule has 1 saturated heterocycles. The maximum Gasteiger partial charge on any atom is 0.318 e. The van der Waals surface area contributed by atoms with E-state index in [1.807, 2.05) is 0 Å². The zero-order valence-electron chi connectivity index (χ0n) is 13.1.